The number of unbranched alkanes of at least 4 members (excludes halogenated alkanes) is 1. The Morgan fingerprint density at radius 1 is 1.03 bits per heavy atom. The van der Waals surface area contributed by atoms with E-state index in [2.05, 4.69) is 30.2 Å². The molecule has 3 heterocycles. The molecule has 1 N–H and O–H groups in total. The Balaban J connectivity index is 1.40. The van der Waals surface area contributed by atoms with Gasteiger partial charge in [-0.3, -0.25) is 14.3 Å². The summed E-state index contributed by atoms with van der Waals surface area (Å²) in [5, 5.41) is 7.17. The molecule has 0 unspecified atom stereocenters. The summed E-state index contributed by atoms with van der Waals surface area (Å²) < 4.78 is 2.46. The molecule has 0 atom stereocenters. The largest absolute Gasteiger partial charge is 0.364 e. The Morgan fingerprint density at radius 3 is 2.45 bits per heavy atom. The second-order valence-electron chi connectivity index (χ2n) is 7.22. The first kappa shape index (κ1) is 21.0. The van der Waals surface area contributed by atoms with Crippen LogP contribution >= 0.6 is 0 Å². The lowest BCUT2D eigenvalue weighted by Gasteiger charge is -2.34. The number of aromatic nitrogens is 5. The minimum Gasteiger partial charge on any atom is -0.364 e. The van der Waals surface area contributed by atoms with Crippen LogP contribution in [0.2, 0.25) is 0 Å². The van der Waals surface area contributed by atoms with E-state index in [1.807, 2.05) is 13.0 Å². The molecule has 158 valence electrons. The number of rotatable bonds is 9. The van der Waals surface area contributed by atoms with Crippen molar-refractivity contribution in [2.75, 3.05) is 49.5 Å². The highest BCUT2D eigenvalue weighted by Gasteiger charge is 2.18. The maximum atomic E-state index is 12.4. The Hall–Kier alpha value is -2.75. The van der Waals surface area contributed by atoms with Crippen molar-refractivity contribution in [1.29, 1.82) is 0 Å². The molecule has 0 aliphatic carbocycles. The van der Waals surface area contributed by atoms with E-state index < -0.39 is 0 Å². The molecule has 0 radical (unpaired) electrons. The first-order chi connectivity index (χ1) is 14.1. The normalized spacial score (nSPS) is 14.9. The highest BCUT2D eigenvalue weighted by molar-refractivity contribution is 5.30. The summed E-state index contributed by atoms with van der Waals surface area (Å²) in [7, 11) is 1.57. The maximum absolute atomic E-state index is 12.4. The van der Waals surface area contributed by atoms with Gasteiger partial charge in [0.25, 0.3) is 5.56 Å². The molecule has 1 fully saturated rings. The van der Waals surface area contributed by atoms with Crippen molar-refractivity contribution in [2.45, 2.75) is 32.7 Å². The van der Waals surface area contributed by atoms with E-state index in [1.165, 1.54) is 9.25 Å². The molecule has 10 heteroatoms. The van der Waals surface area contributed by atoms with Crippen LogP contribution in [-0.4, -0.2) is 68.5 Å². The quantitative estimate of drug-likeness (QED) is 0.592. The van der Waals surface area contributed by atoms with Gasteiger partial charge in [-0.15, -0.1) is 5.10 Å². The fraction of sp³-hybridized carbons (Fsp3) is 0.632. The van der Waals surface area contributed by atoms with Gasteiger partial charge in [-0.25, -0.2) is 19.4 Å². The van der Waals surface area contributed by atoms with Crippen molar-refractivity contribution in [3.05, 3.63) is 39.3 Å². The molecule has 2 aromatic rings. The molecule has 0 saturated carbocycles. The average molecular weight is 403 g/mol. The topological polar surface area (TPSA) is 101 Å². The lowest BCUT2D eigenvalue weighted by molar-refractivity contribution is 0.252. The van der Waals surface area contributed by atoms with E-state index >= 15 is 0 Å². The van der Waals surface area contributed by atoms with Gasteiger partial charge >= 0.3 is 5.69 Å². The zero-order chi connectivity index (χ0) is 20.6. The lowest BCUT2D eigenvalue weighted by Crippen LogP contribution is -2.47. The molecular formula is C19H30N8O2. The number of piperazine rings is 1. The number of nitrogens with zero attached hydrogens (tertiary/aromatic N) is 7. The fourth-order valence-corrected chi connectivity index (χ4v) is 3.45. The monoisotopic (exact) mass is 402 g/mol. The smallest absolute Gasteiger partial charge is 0.347 e. The van der Waals surface area contributed by atoms with Crippen LogP contribution in [0.4, 0.5) is 11.8 Å². The minimum atomic E-state index is -0.373. The first-order valence-corrected chi connectivity index (χ1v) is 10.3. The zero-order valence-electron chi connectivity index (χ0n) is 17.3. The molecular weight excluding hydrogens is 372 g/mol. The van der Waals surface area contributed by atoms with Gasteiger partial charge in [0.2, 0.25) is 11.8 Å². The summed E-state index contributed by atoms with van der Waals surface area (Å²) in [5.74, 6) is 1.05. The Kier molecular flexibility index (Phi) is 7.34. The van der Waals surface area contributed by atoms with E-state index in [0.717, 1.165) is 57.9 Å². The second kappa shape index (κ2) is 10.1. The average Bonchev–Trinajstić information content (AvgIpc) is 2.75. The predicted molar refractivity (Wildman–Crippen MR) is 112 cm³/mol. The van der Waals surface area contributed by atoms with Crippen molar-refractivity contribution in [3.8, 4) is 0 Å². The Labute approximate surface area is 170 Å². The van der Waals surface area contributed by atoms with Gasteiger partial charge in [-0.1, -0.05) is 6.92 Å². The van der Waals surface area contributed by atoms with Gasteiger partial charge < -0.3 is 10.2 Å². The number of aryl methyl sites for hydroxylation is 1. The van der Waals surface area contributed by atoms with Crippen LogP contribution in [-0.2, 0) is 13.6 Å². The molecule has 0 bridgehead atoms. The van der Waals surface area contributed by atoms with E-state index in [1.54, 1.807) is 19.4 Å². The van der Waals surface area contributed by atoms with Gasteiger partial charge in [-0.2, -0.15) is 0 Å². The van der Waals surface area contributed by atoms with Crippen LogP contribution in [0.5, 0.6) is 0 Å². The van der Waals surface area contributed by atoms with Gasteiger partial charge in [0, 0.05) is 58.7 Å². The molecule has 0 amide bonds. The summed E-state index contributed by atoms with van der Waals surface area (Å²) in [6, 6.07) is 1.83. The summed E-state index contributed by atoms with van der Waals surface area (Å²) >= 11 is 0. The molecule has 0 spiro atoms. The molecule has 10 nitrogen and oxygen atoms in total. The molecule has 3 rings (SSSR count). The number of hydrogen-bond acceptors (Lipinski definition) is 8. The number of nitrogens with one attached hydrogen (secondary N) is 1. The van der Waals surface area contributed by atoms with Crippen LogP contribution in [0.25, 0.3) is 0 Å². The highest BCUT2D eigenvalue weighted by Crippen LogP contribution is 2.10. The highest BCUT2D eigenvalue weighted by atomic mass is 16.2. The van der Waals surface area contributed by atoms with Crippen LogP contribution in [0, 0.1) is 0 Å². The third-order valence-electron chi connectivity index (χ3n) is 5.05. The minimum absolute atomic E-state index is 0.247. The van der Waals surface area contributed by atoms with Crippen molar-refractivity contribution < 1.29 is 0 Å². The standard InChI is InChI=1S/C19H30N8O2/c1-3-10-27-17(28)16(23-24(2)19(27)29)20-7-4-5-11-25-12-14-26(15-13-25)18-21-8-6-9-22-18/h6,8-9H,3-5,7,10-15H2,1-2H3,(H,20,23). The van der Waals surface area contributed by atoms with E-state index in [4.69, 9.17) is 0 Å². The van der Waals surface area contributed by atoms with E-state index in [-0.39, 0.29) is 17.1 Å². The third kappa shape index (κ3) is 5.41. The molecule has 1 aliphatic heterocycles. The van der Waals surface area contributed by atoms with Crippen LogP contribution in [0.3, 0.4) is 0 Å². The Bertz CT molecular complexity index is 887. The summed E-state index contributed by atoms with van der Waals surface area (Å²) in [6.07, 6.45) is 6.24. The first-order valence-electron chi connectivity index (χ1n) is 10.3. The number of anilines is 2. The Morgan fingerprint density at radius 2 is 1.76 bits per heavy atom. The molecule has 1 aliphatic rings. The third-order valence-corrected chi connectivity index (χ3v) is 5.05. The van der Waals surface area contributed by atoms with Crippen molar-refractivity contribution in [2.24, 2.45) is 7.05 Å². The van der Waals surface area contributed by atoms with Crippen molar-refractivity contribution >= 4 is 11.8 Å². The van der Waals surface area contributed by atoms with Gasteiger partial charge in [0.05, 0.1) is 0 Å². The van der Waals surface area contributed by atoms with Crippen LogP contribution < -0.4 is 21.5 Å². The molecule has 29 heavy (non-hydrogen) atoms. The molecule has 0 aromatic carbocycles. The predicted octanol–water partition coefficient (Wildman–Crippen LogP) is 0.156. The van der Waals surface area contributed by atoms with Gasteiger partial charge in [0.15, 0.2) is 0 Å². The summed E-state index contributed by atoms with van der Waals surface area (Å²) in [6.45, 7) is 7.87. The summed E-state index contributed by atoms with van der Waals surface area (Å²) in [5.41, 5.74) is -0.711. The molecule has 2 aromatic heterocycles. The van der Waals surface area contributed by atoms with Crippen LogP contribution in [0.1, 0.15) is 26.2 Å². The van der Waals surface area contributed by atoms with Crippen LogP contribution in [0.15, 0.2) is 28.0 Å². The van der Waals surface area contributed by atoms with Gasteiger partial charge in [0.1, 0.15) is 0 Å². The molecule has 1 saturated heterocycles. The van der Waals surface area contributed by atoms with Gasteiger partial charge in [-0.05, 0) is 31.9 Å². The maximum Gasteiger partial charge on any atom is 0.347 e. The SMILES string of the molecule is CCCn1c(=O)c(NCCCCN2CCN(c3ncccn3)CC2)nn(C)c1=O. The van der Waals surface area contributed by atoms with E-state index in [0.29, 0.717) is 13.1 Å². The lowest BCUT2D eigenvalue weighted by atomic mass is 10.2. The summed E-state index contributed by atoms with van der Waals surface area (Å²) in [4.78, 5) is 37.7. The fourth-order valence-electron chi connectivity index (χ4n) is 3.45. The van der Waals surface area contributed by atoms with E-state index in [9.17, 15) is 9.59 Å². The second-order valence-corrected chi connectivity index (χ2v) is 7.22. The number of hydrogen-bond donors (Lipinski definition) is 1. The van der Waals surface area contributed by atoms with Crippen molar-refractivity contribution in [3.63, 3.8) is 0 Å². The zero-order valence-corrected chi connectivity index (χ0v) is 17.3. The van der Waals surface area contributed by atoms with Crippen molar-refractivity contribution in [1.82, 2.24) is 29.2 Å².